The van der Waals surface area contributed by atoms with Crippen LogP contribution in [0.25, 0.3) is 0 Å². The molecule has 0 aliphatic rings. The molecule has 0 amide bonds. The van der Waals surface area contributed by atoms with E-state index in [1.165, 1.54) is 6.26 Å². The van der Waals surface area contributed by atoms with Gasteiger partial charge < -0.3 is 10.2 Å². The molecular weight excluding hydrogens is 509 g/mol. The second-order valence-corrected chi connectivity index (χ2v) is 8.84. The van der Waals surface area contributed by atoms with Crippen LogP contribution in [0.15, 0.2) is 58.4 Å². The number of aliphatic imine (C=N–C) groups is 1. The van der Waals surface area contributed by atoms with Crippen LogP contribution < -0.4 is 5.32 Å². The molecule has 0 aliphatic carbocycles. The topological polar surface area (TPSA) is 61.8 Å². The van der Waals surface area contributed by atoms with Crippen LogP contribution in [0, 0.1) is 0 Å². The second kappa shape index (κ2) is 11.6. The molecule has 0 aromatic heterocycles. The highest BCUT2D eigenvalue weighted by Crippen LogP contribution is 2.13. The monoisotopic (exact) mass is 535 g/mol. The Morgan fingerprint density at radius 2 is 1.82 bits per heavy atom. The molecule has 0 radical (unpaired) electrons. The zero-order chi connectivity index (χ0) is 19.9. The fourth-order valence-electron chi connectivity index (χ4n) is 2.65. The number of hydrogen-bond donors (Lipinski definition) is 1. The average molecular weight is 536 g/mol. The Kier molecular flexibility index (Phi) is 10.3. The van der Waals surface area contributed by atoms with Gasteiger partial charge in [-0.25, -0.2) is 8.42 Å². The van der Waals surface area contributed by atoms with E-state index in [4.69, 9.17) is 11.6 Å². The molecule has 0 atom stereocenters. The summed E-state index contributed by atoms with van der Waals surface area (Å²) in [6.07, 6.45) is 1.95. The van der Waals surface area contributed by atoms with Crippen molar-refractivity contribution in [2.45, 2.75) is 24.8 Å². The van der Waals surface area contributed by atoms with Crippen LogP contribution >= 0.6 is 35.6 Å². The van der Waals surface area contributed by atoms with Crippen LogP contribution in [0.2, 0.25) is 5.02 Å². The molecule has 0 fully saturated rings. The number of hydrogen-bond acceptors (Lipinski definition) is 3. The second-order valence-electron chi connectivity index (χ2n) is 6.39. The summed E-state index contributed by atoms with van der Waals surface area (Å²) in [7, 11) is -1.17. The molecule has 154 valence electrons. The van der Waals surface area contributed by atoms with Crippen molar-refractivity contribution in [3.63, 3.8) is 0 Å². The standard InChI is InChI=1S/C20H26ClN3O2S.HI/c1-4-22-20(24(2)15-17-6-5-7-18(21)14-17)23-13-12-16-8-10-19(11-9-16)27(3,25)26;/h5-11,14H,4,12-13,15H2,1-3H3,(H,22,23);1H. The Morgan fingerprint density at radius 3 is 2.39 bits per heavy atom. The first-order valence-electron chi connectivity index (χ1n) is 8.82. The smallest absolute Gasteiger partial charge is 0.193 e. The van der Waals surface area contributed by atoms with Crippen molar-refractivity contribution in [2.75, 3.05) is 26.4 Å². The summed E-state index contributed by atoms with van der Waals surface area (Å²) in [5.74, 6) is 0.824. The molecule has 1 N–H and O–H groups in total. The van der Waals surface area contributed by atoms with Gasteiger partial charge in [-0.05, 0) is 48.7 Å². The highest BCUT2D eigenvalue weighted by atomic mass is 127. The van der Waals surface area contributed by atoms with Gasteiger partial charge in [-0.1, -0.05) is 35.9 Å². The molecule has 28 heavy (non-hydrogen) atoms. The SMILES string of the molecule is CCNC(=NCCc1ccc(S(C)(=O)=O)cc1)N(C)Cc1cccc(Cl)c1.I. The van der Waals surface area contributed by atoms with Crippen LogP contribution in [-0.4, -0.2) is 45.7 Å². The molecule has 0 saturated carbocycles. The molecule has 2 rings (SSSR count). The van der Waals surface area contributed by atoms with Crippen molar-refractivity contribution >= 4 is 51.4 Å². The summed E-state index contributed by atoms with van der Waals surface area (Å²) in [6, 6.07) is 14.8. The summed E-state index contributed by atoms with van der Waals surface area (Å²) in [6.45, 7) is 4.13. The fraction of sp³-hybridized carbons (Fsp3) is 0.350. The van der Waals surface area contributed by atoms with Gasteiger partial charge in [-0.2, -0.15) is 0 Å². The van der Waals surface area contributed by atoms with Gasteiger partial charge >= 0.3 is 0 Å². The van der Waals surface area contributed by atoms with E-state index in [9.17, 15) is 8.42 Å². The van der Waals surface area contributed by atoms with E-state index >= 15 is 0 Å². The molecule has 2 aromatic rings. The summed E-state index contributed by atoms with van der Waals surface area (Å²) < 4.78 is 23.0. The number of nitrogens with zero attached hydrogens (tertiary/aromatic N) is 2. The predicted octanol–water partition coefficient (Wildman–Crippen LogP) is 4.00. The lowest BCUT2D eigenvalue weighted by Crippen LogP contribution is -2.38. The van der Waals surface area contributed by atoms with E-state index in [1.807, 2.05) is 50.4 Å². The first-order chi connectivity index (χ1) is 12.8. The largest absolute Gasteiger partial charge is 0.357 e. The molecule has 0 bridgehead atoms. The zero-order valence-corrected chi connectivity index (χ0v) is 20.3. The number of guanidine groups is 1. The van der Waals surface area contributed by atoms with Gasteiger partial charge in [0.15, 0.2) is 15.8 Å². The van der Waals surface area contributed by atoms with E-state index in [-0.39, 0.29) is 24.0 Å². The molecular formula is C20H27ClIN3O2S. The average Bonchev–Trinajstić information content (AvgIpc) is 2.60. The number of nitrogens with one attached hydrogen (secondary N) is 1. The number of sulfone groups is 1. The van der Waals surface area contributed by atoms with Crippen molar-refractivity contribution < 1.29 is 8.42 Å². The third-order valence-electron chi connectivity index (χ3n) is 4.02. The minimum absolute atomic E-state index is 0. The lowest BCUT2D eigenvalue weighted by molar-refractivity contribution is 0.477. The number of rotatable bonds is 7. The van der Waals surface area contributed by atoms with Gasteiger partial charge in [0.1, 0.15) is 0 Å². The number of benzene rings is 2. The lowest BCUT2D eigenvalue weighted by atomic mass is 10.1. The molecule has 0 saturated heterocycles. The van der Waals surface area contributed by atoms with E-state index in [0.717, 1.165) is 35.1 Å². The minimum atomic E-state index is -3.16. The summed E-state index contributed by atoms with van der Waals surface area (Å²) in [5, 5.41) is 4.02. The normalized spacial score (nSPS) is 11.6. The maximum absolute atomic E-state index is 11.5. The maximum atomic E-state index is 11.5. The Morgan fingerprint density at radius 1 is 1.14 bits per heavy atom. The van der Waals surface area contributed by atoms with E-state index in [0.29, 0.717) is 18.0 Å². The molecule has 5 nitrogen and oxygen atoms in total. The van der Waals surface area contributed by atoms with Crippen molar-refractivity contribution in [1.29, 1.82) is 0 Å². The van der Waals surface area contributed by atoms with Crippen molar-refractivity contribution in [3.05, 3.63) is 64.7 Å². The Balaban J connectivity index is 0.00000392. The third-order valence-corrected chi connectivity index (χ3v) is 5.38. The molecule has 0 aliphatic heterocycles. The van der Waals surface area contributed by atoms with Crippen molar-refractivity contribution in [3.8, 4) is 0 Å². The highest BCUT2D eigenvalue weighted by Gasteiger charge is 2.08. The number of halogens is 2. The van der Waals surface area contributed by atoms with Crippen LogP contribution in [-0.2, 0) is 22.8 Å². The molecule has 8 heteroatoms. The van der Waals surface area contributed by atoms with E-state index in [1.54, 1.807) is 12.1 Å². The van der Waals surface area contributed by atoms with Gasteiger partial charge in [-0.3, -0.25) is 4.99 Å². The molecule has 2 aromatic carbocycles. The summed E-state index contributed by atoms with van der Waals surface area (Å²) in [4.78, 5) is 7.07. The van der Waals surface area contributed by atoms with Crippen LogP contribution in [0.1, 0.15) is 18.1 Å². The van der Waals surface area contributed by atoms with Crippen LogP contribution in [0.4, 0.5) is 0 Å². The van der Waals surface area contributed by atoms with Gasteiger partial charge in [-0.15, -0.1) is 24.0 Å². The van der Waals surface area contributed by atoms with E-state index < -0.39 is 9.84 Å². The Bertz CT molecular complexity index is 887. The highest BCUT2D eigenvalue weighted by molar-refractivity contribution is 14.0. The van der Waals surface area contributed by atoms with E-state index in [2.05, 4.69) is 15.2 Å². The zero-order valence-electron chi connectivity index (χ0n) is 16.4. The van der Waals surface area contributed by atoms with Crippen LogP contribution in [0.5, 0.6) is 0 Å². The van der Waals surface area contributed by atoms with Gasteiger partial charge in [0.05, 0.1) is 4.90 Å². The minimum Gasteiger partial charge on any atom is -0.357 e. The van der Waals surface area contributed by atoms with Crippen molar-refractivity contribution in [2.24, 2.45) is 4.99 Å². The first kappa shape index (κ1) is 24.7. The Hall–Kier alpha value is -1.32. The lowest BCUT2D eigenvalue weighted by Gasteiger charge is -2.22. The quantitative estimate of drug-likeness (QED) is 0.331. The fourth-order valence-corrected chi connectivity index (χ4v) is 3.49. The van der Waals surface area contributed by atoms with Crippen molar-refractivity contribution in [1.82, 2.24) is 10.2 Å². The summed E-state index contributed by atoms with van der Waals surface area (Å²) in [5.41, 5.74) is 2.17. The molecule has 0 spiro atoms. The Labute approximate surface area is 190 Å². The van der Waals surface area contributed by atoms with Gasteiger partial charge in [0.2, 0.25) is 0 Å². The third kappa shape index (κ3) is 7.97. The summed E-state index contributed by atoms with van der Waals surface area (Å²) >= 11 is 6.06. The maximum Gasteiger partial charge on any atom is 0.193 e. The predicted molar refractivity (Wildman–Crippen MR) is 128 cm³/mol. The molecule has 0 unspecified atom stereocenters. The van der Waals surface area contributed by atoms with Gasteiger partial charge in [0, 0.05) is 38.0 Å². The first-order valence-corrected chi connectivity index (χ1v) is 11.1. The molecule has 0 heterocycles. The van der Waals surface area contributed by atoms with Gasteiger partial charge in [0.25, 0.3) is 0 Å². The van der Waals surface area contributed by atoms with Crippen LogP contribution in [0.3, 0.4) is 0 Å².